The highest BCUT2D eigenvalue weighted by atomic mass is 16.5. The van der Waals surface area contributed by atoms with Crippen molar-refractivity contribution in [3.63, 3.8) is 0 Å². The maximum Gasteiger partial charge on any atom is 0.339 e. The SMILES string of the molecule is CC(OC(=O)c1cc(-c2ccncc2)nc2ccccc12)C(=O)N1CCc2ccccc21. The fraction of sp³-hybridized carbons (Fsp3) is 0.154. The van der Waals surface area contributed by atoms with Gasteiger partial charge in [-0.25, -0.2) is 9.78 Å². The predicted octanol–water partition coefficient (Wildman–Crippen LogP) is 4.43. The number of carbonyl (C=O) groups excluding carboxylic acids is 2. The van der Waals surface area contributed by atoms with Gasteiger partial charge in [0, 0.05) is 35.6 Å². The molecule has 4 aromatic rings. The van der Waals surface area contributed by atoms with Crippen molar-refractivity contribution >= 4 is 28.5 Å². The normalized spacial score (nSPS) is 13.6. The van der Waals surface area contributed by atoms with Crippen LogP contribution in [-0.2, 0) is 16.0 Å². The van der Waals surface area contributed by atoms with E-state index in [1.807, 2.05) is 60.7 Å². The number of rotatable bonds is 4. The van der Waals surface area contributed by atoms with E-state index in [4.69, 9.17) is 4.74 Å². The number of para-hydroxylation sites is 2. The van der Waals surface area contributed by atoms with Gasteiger partial charge in [-0.15, -0.1) is 0 Å². The van der Waals surface area contributed by atoms with E-state index in [2.05, 4.69) is 9.97 Å². The van der Waals surface area contributed by atoms with Crippen LogP contribution in [0.2, 0.25) is 0 Å². The van der Waals surface area contributed by atoms with E-state index in [-0.39, 0.29) is 5.91 Å². The third-order valence-corrected chi connectivity index (χ3v) is 5.70. The summed E-state index contributed by atoms with van der Waals surface area (Å²) in [4.78, 5) is 36.7. The summed E-state index contributed by atoms with van der Waals surface area (Å²) in [5.74, 6) is -0.775. The molecule has 0 radical (unpaired) electrons. The lowest BCUT2D eigenvalue weighted by molar-refractivity contribution is -0.126. The number of hydrogen-bond acceptors (Lipinski definition) is 5. The molecule has 0 fully saturated rings. The lowest BCUT2D eigenvalue weighted by atomic mass is 10.0. The van der Waals surface area contributed by atoms with Crippen LogP contribution in [0.5, 0.6) is 0 Å². The van der Waals surface area contributed by atoms with Crippen LogP contribution in [0.1, 0.15) is 22.8 Å². The number of hydrogen-bond donors (Lipinski definition) is 0. The van der Waals surface area contributed by atoms with Crippen molar-refractivity contribution in [2.24, 2.45) is 0 Å². The zero-order valence-electron chi connectivity index (χ0n) is 17.6. The predicted molar refractivity (Wildman–Crippen MR) is 122 cm³/mol. The van der Waals surface area contributed by atoms with Crippen LogP contribution in [-0.4, -0.2) is 34.5 Å². The Hall–Kier alpha value is -4.06. The monoisotopic (exact) mass is 423 g/mol. The van der Waals surface area contributed by atoms with Gasteiger partial charge in [-0.3, -0.25) is 9.78 Å². The summed E-state index contributed by atoms with van der Waals surface area (Å²) in [6, 6.07) is 20.6. The zero-order chi connectivity index (χ0) is 22.1. The summed E-state index contributed by atoms with van der Waals surface area (Å²) in [5.41, 5.74) is 4.56. The maximum absolute atomic E-state index is 13.2. The second-order valence-electron chi connectivity index (χ2n) is 7.72. The molecule has 0 saturated carbocycles. The van der Waals surface area contributed by atoms with Crippen LogP contribution >= 0.6 is 0 Å². The molecular formula is C26H21N3O3. The molecule has 0 saturated heterocycles. The number of benzene rings is 2. The quantitative estimate of drug-likeness (QED) is 0.454. The number of fused-ring (bicyclic) bond motifs is 2. The fourth-order valence-corrected chi connectivity index (χ4v) is 4.08. The number of aromatic nitrogens is 2. The summed E-state index contributed by atoms with van der Waals surface area (Å²) in [5, 5.41) is 0.682. The molecule has 6 heteroatoms. The van der Waals surface area contributed by atoms with Crippen molar-refractivity contribution < 1.29 is 14.3 Å². The van der Waals surface area contributed by atoms with Crippen LogP contribution in [0.25, 0.3) is 22.2 Å². The van der Waals surface area contributed by atoms with Gasteiger partial charge in [-0.2, -0.15) is 0 Å². The van der Waals surface area contributed by atoms with E-state index in [9.17, 15) is 9.59 Å². The van der Waals surface area contributed by atoms with E-state index >= 15 is 0 Å². The molecule has 1 atom stereocenters. The standard InChI is InChI=1S/C26H21N3O3/c1-17(25(30)29-15-12-19-6-2-5-9-24(19)29)32-26(31)21-16-23(18-10-13-27-14-11-18)28-22-8-4-3-7-20(21)22/h2-11,13-14,16-17H,12,15H2,1H3. The van der Waals surface area contributed by atoms with Crippen molar-refractivity contribution in [2.75, 3.05) is 11.4 Å². The molecule has 6 nitrogen and oxygen atoms in total. The third-order valence-electron chi connectivity index (χ3n) is 5.70. The average Bonchev–Trinajstić information content (AvgIpc) is 3.27. The van der Waals surface area contributed by atoms with Gasteiger partial charge in [0.05, 0.1) is 16.8 Å². The Labute approximate surface area is 185 Å². The van der Waals surface area contributed by atoms with E-state index in [1.165, 1.54) is 0 Å². The van der Waals surface area contributed by atoms with Crippen LogP contribution in [0, 0.1) is 0 Å². The number of ether oxygens (including phenoxy) is 1. The highest BCUT2D eigenvalue weighted by Gasteiger charge is 2.30. The molecule has 0 N–H and O–H groups in total. The van der Waals surface area contributed by atoms with Crippen molar-refractivity contribution in [2.45, 2.75) is 19.4 Å². The molecular weight excluding hydrogens is 402 g/mol. The summed E-state index contributed by atoms with van der Waals surface area (Å²) < 4.78 is 5.65. The van der Waals surface area contributed by atoms with Gasteiger partial charge in [0.15, 0.2) is 6.10 Å². The number of esters is 1. The largest absolute Gasteiger partial charge is 0.449 e. The summed E-state index contributed by atoms with van der Waals surface area (Å²) in [6.07, 6.45) is 3.25. The maximum atomic E-state index is 13.2. The Morgan fingerprint density at radius 1 is 1.00 bits per heavy atom. The summed E-state index contributed by atoms with van der Waals surface area (Å²) in [7, 11) is 0. The molecule has 2 aromatic heterocycles. The van der Waals surface area contributed by atoms with Gasteiger partial charge < -0.3 is 9.64 Å². The lowest BCUT2D eigenvalue weighted by Gasteiger charge is -2.22. The lowest BCUT2D eigenvalue weighted by Crippen LogP contribution is -2.39. The molecule has 5 rings (SSSR count). The van der Waals surface area contributed by atoms with Crippen LogP contribution in [0.15, 0.2) is 79.1 Å². The molecule has 1 amide bonds. The fourth-order valence-electron chi connectivity index (χ4n) is 4.08. The smallest absolute Gasteiger partial charge is 0.339 e. The van der Waals surface area contributed by atoms with Crippen molar-refractivity contribution in [3.05, 3.63) is 90.3 Å². The van der Waals surface area contributed by atoms with Crippen LogP contribution < -0.4 is 4.90 Å². The Kier molecular flexibility index (Phi) is 5.11. The van der Waals surface area contributed by atoms with Gasteiger partial charge in [-0.1, -0.05) is 36.4 Å². The van der Waals surface area contributed by atoms with Gasteiger partial charge in [0.2, 0.25) is 0 Å². The van der Waals surface area contributed by atoms with Crippen LogP contribution in [0.4, 0.5) is 5.69 Å². The Morgan fingerprint density at radius 2 is 1.75 bits per heavy atom. The van der Waals surface area contributed by atoms with Gasteiger partial charge in [-0.05, 0) is 49.2 Å². The first-order chi connectivity index (χ1) is 15.6. The second-order valence-corrected chi connectivity index (χ2v) is 7.72. The topological polar surface area (TPSA) is 72.4 Å². The second kappa shape index (κ2) is 8.23. The van der Waals surface area contributed by atoms with E-state index in [0.717, 1.165) is 23.2 Å². The number of amides is 1. The van der Waals surface area contributed by atoms with Gasteiger partial charge in [0.25, 0.3) is 5.91 Å². The van der Waals surface area contributed by atoms with Gasteiger partial charge in [0.1, 0.15) is 0 Å². The Morgan fingerprint density at radius 3 is 2.59 bits per heavy atom. The first kappa shape index (κ1) is 19.9. The molecule has 2 aromatic carbocycles. The van der Waals surface area contributed by atoms with Crippen LogP contribution in [0.3, 0.4) is 0 Å². The Balaban J connectivity index is 1.44. The van der Waals surface area contributed by atoms with E-state index in [0.29, 0.717) is 28.7 Å². The minimum Gasteiger partial charge on any atom is -0.449 e. The Bertz CT molecular complexity index is 1320. The third kappa shape index (κ3) is 3.60. The molecule has 3 heterocycles. The highest BCUT2D eigenvalue weighted by molar-refractivity contribution is 6.06. The van der Waals surface area contributed by atoms with Crippen molar-refractivity contribution in [1.29, 1.82) is 0 Å². The molecule has 32 heavy (non-hydrogen) atoms. The highest BCUT2D eigenvalue weighted by Crippen LogP contribution is 2.29. The zero-order valence-corrected chi connectivity index (χ0v) is 17.6. The summed E-state index contributed by atoms with van der Waals surface area (Å²) in [6.45, 7) is 2.21. The van der Waals surface area contributed by atoms with Crippen molar-refractivity contribution in [3.8, 4) is 11.3 Å². The molecule has 0 spiro atoms. The number of nitrogens with zero attached hydrogens (tertiary/aromatic N) is 3. The number of carbonyl (C=O) groups is 2. The first-order valence-corrected chi connectivity index (χ1v) is 10.5. The molecule has 1 unspecified atom stereocenters. The average molecular weight is 423 g/mol. The number of anilines is 1. The molecule has 158 valence electrons. The minimum atomic E-state index is -0.912. The van der Waals surface area contributed by atoms with E-state index in [1.54, 1.807) is 30.3 Å². The molecule has 1 aliphatic heterocycles. The van der Waals surface area contributed by atoms with Gasteiger partial charge >= 0.3 is 5.97 Å². The van der Waals surface area contributed by atoms with E-state index < -0.39 is 12.1 Å². The van der Waals surface area contributed by atoms with Crippen molar-refractivity contribution in [1.82, 2.24) is 9.97 Å². The number of pyridine rings is 2. The first-order valence-electron chi connectivity index (χ1n) is 10.5. The molecule has 0 aliphatic carbocycles. The molecule has 1 aliphatic rings. The molecule has 0 bridgehead atoms. The minimum absolute atomic E-state index is 0.226. The summed E-state index contributed by atoms with van der Waals surface area (Å²) >= 11 is 0.